The number of esters is 1. The third-order valence-electron chi connectivity index (χ3n) is 1.94. The van der Waals surface area contributed by atoms with Gasteiger partial charge in [0, 0.05) is 5.56 Å². The normalized spacial score (nSPS) is 11.4. The van der Waals surface area contributed by atoms with Crippen LogP contribution in [-0.2, 0) is 9.53 Å². The highest BCUT2D eigenvalue weighted by Gasteiger charge is 2.21. The van der Waals surface area contributed by atoms with Crippen LogP contribution in [0.5, 0.6) is 0 Å². The van der Waals surface area contributed by atoms with Gasteiger partial charge in [-0.3, -0.25) is 0 Å². The minimum atomic E-state index is -0.749. The van der Waals surface area contributed by atoms with E-state index in [1.165, 1.54) is 13.2 Å². The topological polar surface area (TPSA) is 38.3 Å². The number of likely N-dealkylation sites (N-methyl/N-ethyl adjacent to an activating group) is 1. The molecule has 15 heavy (non-hydrogen) atoms. The van der Waals surface area contributed by atoms with Gasteiger partial charge in [0.2, 0.25) is 0 Å². The lowest BCUT2D eigenvalue weighted by atomic mass is 10.1. The third kappa shape index (κ3) is 3.18. The number of rotatable bonds is 3. The minimum absolute atomic E-state index is 0. The molecule has 0 heterocycles. The summed E-state index contributed by atoms with van der Waals surface area (Å²) in [7, 11) is 2.85. The van der Waals surface area contributed by atoms with Gasteiger partial charge in [-0.1, -0.05) is 18.2 Å². The van der Waals surface area contributed by atoms with E-state index in [4.69, 9.17) is 0 Å². The number of halogens is 2. The largest absolute Gasteiger partial charge is 0.468 e. The standard InChI is InChI=1S/C10H12FNO2.ClH/c1-12-9(10(13)14-2)7-5-3-4-6-8(7)11;/h3-6,9,12H,1-2H3;1H. The highest BCUT2D eigenvalue weighted by molar-refractivity contribution is 5.85. The van der Waals surface area contributed by atoms with Crippen molar-refractivity contribution in [2.75, 3.05) is 14.2 Å². The molecular weight excluding hydrogens is 221 g/mol. The van der Waals surface area contributed by atoms with Crippen molar-refractivity contribution in [1.82, 2.24) is 5.32 Å². The first-order chi connectivity index (χ1) is 6.70. The van der Waals surface area contributed by atoms with Gasteiger partial charge in [-0.15, -0.1) is 12.4 Å². The molecule has 0 saturated heterocycles. The lowest BCUT2D eigenvalue weighted by molar-refractivity contribution is -0.143. The highest BCUT2D eigenvalue weighted by Crippen LogP contribution is 2.17. The van der Waals surface area contributed by atoms with Crippen LogP contribution in [0.3, 0.4) is 0 Å². The van der Waals surface area contributed by atoms with Crippen molar-refractivity contribution in [3.8, 4) is 0 Å². The van der Waals surface area contributed by atoms with E-state index in [9.17, 15) is 9.18 Å². The van der Waals surface area contributed by atoms with E-state index in [0.29, 0.717) is 5.56 Å². The first-order valence-corrected chi connectivity index (χ1v) is 4.20. The third-order valence-corrected chi connectivity index (χ3v) is 1.94. The molecule has 0 aromatic heterocycles. The SMILES string of the molecule is CNC(C(=O)OC)c1ccccc1F.Cl. The zero-order valence-corrected chi connectivity index (χ0v) is 9.31. The molecule has 1 N–H and O–H groups in total. The van der Waals surface area contributed by atoms with Gasteiger partial charge >= 0.3 is 5.97 Å². The van der Waals surface area contributed by atoms with Gasteiger partial charge in [-0.25, -0.2) is 9.18 Å². The second-order valence-corrected chi connectivity index (χ2v) is 2.77. The molecule has 0 amide bonds. The van der Waals surface area contributed by atoms with Gasteiger partial charge in [0.1, 0.15) is 11.9 Å². The molecule has 1 rings (SSSR count). The number of ether oxygens (including phenoxy) is 1. The van der Waals surface area contributed by atoms with Crippen molar-refractivity contribution in [2.24, 2.45) is 0 Å². The fourth-order valence-corrected chi connectivity index (χ4v) is 1.23. The Bertz CT molecular complexity index is 333. The molecule has 0 aliphatic heterocycles. The fraction of sp³-hybridized carbons (Fsp3) is 0.300. The second-order valence-electron chi connectivity index (χ2n) is 2.77. The van der Waals surface area contributed by atoms with Crippen LogP contribution in [0, 0.1) is 5.82 Å². The van der Waals surface area contributed by atoms with Crippen LogP contribution in [0.1, 0.15) is 11.6 Å². The van der Waals surface area contributed by atoms with Gasteiger partial charge in [0.05, 0.1) is 7.11 Å². The molecule has 5 heteroatoms. The molecule has 0 spiro atoms. The molecule has 0 saturated carbocycles. The second kappa shape index (κ2) is 6.37. The average molecular weight is 234 g/mol. The summed E-state index contributed by atoms with van der Waals surface area (Å²) in [6.07, 6.45) is 0. The van der Waals surface area contributed by atoms with E-state index >= 15 is 0 Å². The summed E-state index contributed by atoms with van der Waals surface area (Å²) in [6, 6.07) is 5.35. The molecule has 3 nitrogen and oxygen atoms in total. The Balaban J connectivity index is 0.00000196. The summed E-state index contributed by atoms with van der Waals surface area (Å²) >= 11 is 0. The first kappa shape index (κ1) is 13.9. The van der Waals surface area contributed by atoms with E-state index in [-0.39, 0.29) is 12.4 Å². The van der Waals surface area contributed by atoms with Crippen molar-refractivity contribution >= 4 is 18.4 Å². The molecule has 1 aromatic rings. The summed E-state index contributed by atoms with van der Waals surface area (Å²) in [5, 5.41) is 2.70. The molecule has 0 radical (unpaired) electrons. The molecule has 0 fully saturated rings. The van der Waals surface area contributed by atoms with E-state index < -0.39 is 17.8 Å². The van der Waals surface area contributed by atoms with Crippen LogP contribution in [0.25, 0.3) is 0 Å². The molecule has 0 aliphatic rings. The van der Waals surface area contributed by atoms with Crippen molar-refractivity contribution in [3.05, 3.63) is 35.6 Å². The molecule has 0 aliphatic carbocycles. The predicted octanol–water partition coefficient (Wildman–Crippen LogP) is 1.68. The van der Waals surface area contributed by atoms with E-state index in [0.717, 1.165) is 0 Å². The zero-order chi connectivity index (χ0) is 10.6. The number of nitrogens with one attached hydrogen (secondary N) is 1. The van der Waals surface area contributed by atoms with Gasteiger partial charge in [0.15, 0.2) is 0 Å². The van der Waals surface area contributed by atoms with E-state index in [1.807, 2.05) is 0 Å². The maximum absolute atomic E-state index is 13.3. The van der Waals surface area contributed by atoms with Crippen LogP contribution < -0.4 is 5.32 Å². The lowest BCUT2D eigenvalue weighted by Gasteiger charge is -2.14. The van der Waals surface area contributed by atoms with Crippen molar-refractivity contribution < 1.29 is 13.9 Å². The predicted molar refractivity (Wildman–Crippen MR) is 57.5 cm³/mol. The minimum Gasteiger partial charge on any atom is -0.468 e. The quantitative estimate of drug-likeness (QED) is 0.808. The van der Waals surface area contributed by atoms with Crippen LogP contribution in [0.2, 0.25) is 0 Å². The van der Waals surface area contributed by atoms with Crippen molar-refractivity contribution in [2.45, 2.75) is 6.04 Å². The van der Waals surface area contributed by atoms with Gasteiger partial charge in [-0.05, 0) is 13.1 Å². The van der Waals surface area contributed by atoms with Crippen LogP contribution >= 0.6 is 12.4 Å². The molecule has 84 valence electrons. The Hall–Kier alpha value is -1.13. The number of carbonyl (C=O) groups is 1. The zero-order valence-electron chi connectivity index (χ0n) is 8.49. The number of carbonyl (C=O) groups excluding carboxylic acids is 1. The van der Waals surface area contributed by atoms with Gasteiger partial charge in [-0.2, -0.15) is 0 Å². The Labute approximate surface area is 94.0 Å². The molecule has 1 unspecified atom stereocenters. The molecular formula is C10H13ClFNO2. The van der Waals surface area contributed by atoms with Crippen molar-refractivity contribution in [1.29, 1.82) is 0 Å². The highest BCUT2D eigenvalue weighted by atomic mass is 35.5. The Morgan fingerprint density at radius 3 is 2.53 bits per heavy atom. The Morgan fingerprint density at radius 1 is 1.47 bits per heavy atom. The summed E-state index contributed by atoms with van der Waals surface area (Å²) in [5.41, 5.74) is 0.293. The van der Waals surface area contributed by atoms with E-state index in [2.05, 4.69) is 10.1 Å². The van der Waals surface area contributed by atoms with Crippen molar-refractivity contribution in [3.63, 3.8) is 0 Å². The first-order valence-electron chi connectivity index (χ1n) is 4.20. The van der Waals surface area contributed by atoms with Gasteiger partial charge in [0.25, 0.3) is 0 Å². The van der Waals surface area contributed by atoms with Crippen LogP contribution in [-0.4, -0.2) is 20.1 Å². The van der Waals surface area contributed by atoms with Crippen LogP contribution in [0.4, 0.5) is 4.39 Å². The Kier molecular flexibility index (Phi) is 5.89. The summed E-state index contributed by atoms with van der Waals surface area (Å²) in [4.78, 5) is 11.2. The number of methoxy groups -OCH3 is 1. The lowest BCUT2D eigenvalue weighted by Crippen LogP contribution is -2.27. The maximum atomic E-state index is 13.3. The Morgan fingerprint density at radius 2 is 2.07 bits per heavy atom. The summed E-state index contributed by atoms with van der Waals surface area (Å²) in [6.45, 7) is 0. The maximum Gasteiger partial charge on any atom is 0.327 e. The molecule has 0 bridgehead atoms. The monoisotopic (exact) mass is 233 g/mol. The smallest absolute Gasteiger partial charge is 0.327 e. The average Bonchev–Trinajstić information content (AvgIpc) is 2.21. The van der Waals surface area contributed by atoms with Crippen LogP contribution in [0.15, 0.2) is 24.3 Å². The molecule has 1 atom stereocenters. The fourth-order valence-electron chi connectivity index (χ4n) is 1.23. The molecule has 1 aromatic carbocycles. The number of hydrogen-bond donors (Lipinski definition) is 1. The van der Waals surface area contributed by atoms with E-state index in [1.54, 1.807) is 25.2 Å². The summed E-state index contributed by atoms with van der Waals surface area (Å²) in [5.74, 6) is -0.921. The van der Waals surface area contributed by atoms with Gasteiger partial charge < -0.3 is 10.1 Å². The summed E-state index contributed by atoms with van der Waals surface area (Å²) < 4.78 is 17.8. The number of benzene rings is 1. The number of hydrogen-bond acceptors (Lipinski definition) is 3.